The van der Waals surface area contributed by atoms with E-state index in [-0.39, 0.29) is 6.54 Å². The minimum atomic E-state index is -3.39. The second-order valence-electron chi connectivity index (χ2n) is 7.41. The van der Waals surface area contributed by atoms with E-state index in [0.717, 1.165) is 7.11 Å². The molecule has 0 aliphatic carbocycles. The van der Waals surface area contributed by atoms with Crippen molar-refractivity contribution in [2.24, 2.45) is 5.73 Å². The number of carbonyl (C=O) groups excluding carboxylic acids is 2. The Kier molecular flexibility index (Phi) is 9.29. The van der Waals surface area contributed by atoms with Gasteiger partial charge in [-0.15, -0.1) is 0 Å². The fourth-order valence-electron chi connectivity index (χ4n) is 3.46. The zero-order valence-electron chi connectivity index (χ0n) is 18.0. The molecule has 0 saturated carbocycles. The number of carboxylic acids is 1. The van der Waals surface area contributed by atoms with Gasteiger partial charge in [-0.25, -0.2) is 18.4 Å². The summed E-state index contributed by atoms with van der Waals surface area (Å²) in [6.07, 6.45) is -2.81. The number of halogens is 2. The molecule has 2 aromatic carbocycles. The lowest BCUT2D eigenvalue weighted by molar-refractivity contribution is -0.145. The quantitative estimate of drug-likeness (QED) is 0.405. The molecule has 2 rings (SSSR count). The average Bonchev–Trinajstić information content (AvgIpc) is 2.79. The van der Waals surface area contributed by atoms with Crippen LogP contribution < -0.4 is 16.4 Å². The van der Waals surface area contributed by atoms with Crippen LogP contribution in [0.4, 0.5) is 13.6 Å². The summed E-state index contributed by atoms with van der Waals surface area (Å²) in [6, 6.07) is 14.2. The van der Waals surface area contributed by atoms with Crippen molar-refractivity contribution in [2.45, 2.75) is 36.8 Å². The van der Waals surface area contributed by atoms with E-state index in [1.165, 1.54) is 0 Å². The van der Waals surface area contributed by atoms with Gasteiger partial charge in [-0.1, -0.05) is 60.7 Å². The van der Waals surface area contributed by atoms with Gasteiger partial charge in [0, 0.05) is 18.8 Å². The number of alkyl halides is 2. The molecule has 0 unspecified atom stereocenters. The third kappa shape index (κ3) is 7.53. The molecule has 33 heavy (non-hydrogen) atoms. The van der Waals surface area contributed by atoms with E-state index in [1.54, 1.807) is 60.7 Å². The Morgan fingerprint density at radius 2 is 1.52 bits per heavy atom. The van der Waals surface area contributed by atoms with Crippen molar-refractivity contribution in [3.05, 3.63) is 71.8 Å². The number of carboxylic acid groups (broad SMARTS) is 1. The van der Waals surface area contributed by atoms with E-state index in [0.29, 0.717) is 11.1 Å². The highest BCUT2D eigenvalue weighted by Gasteiger charge is 2.39. The molecule has 0 saturated heterocycles. The maximum Gasteiger partial charge on any atom is 0.407 e. The van der Waals surface area contributed by atoms with Crippen molar-refractivity contribution in [1.82, 2.24) is 10.6 Å². The van der Waals surface area contributed by atoms with Gasteiger partial charge in [0.2, 0.25) is 5.91 Å². The van der Waals surface area contributed by atoms with E-state index >= 15 is 0 Å². The highest BCUT2D eigenvalue weighted by atomic mass is 19.3. The first-order valence-electron chi connectivity index (χ1n) is 10.2. The molecule has 0 aliphatic rings. The topological polar surface area (TPSA) is 131 Å². The first-order chi connectivity index (χ1) is 15.7. The Balaban J connectivity index is 2.44. The lowest BCUT2D eigenvalue weighted by Crippen LogP contribution is -2.55. The van der Waals surface area contributed by atoms with Crippen molar-refractivity contribution in [1.29, 1.82) is 0 Å². The summed E-state index contributed by atoms with van der Waals surface area (Å²) < 4.78 is 32.7. The van der Waals surface area contributed by atoms with E-state index in [2.05, 4.69) is 15.4 Å². The monoisotopic (exact) mass is 463 g/mol. The predicted octanol–water partition coefficient (Wildman–Crippen LogP) is 2.49. The summed E-state index contributed by atoms with van der Waals surface area (Å²) in [5, 5.41) is 14.0. The molecule has 0 heterocycles. The van der Waals surface area contributed by atoms with Gasteiger partial charge in [0.1, 0.15) is 12.1 Å². The summed E-state index contributed by atoms with van der Waals surface area (Å²) in [5.41, 5.74) is 6.46. The number of alkyl carbamates (subject to hydrolysis) is 1. The van der Waals surface area contributed by atoms with Crippen LogP contribution in [-0.2, 0) is 14.3 Å². The van der Waals surface area contributed by atoms with Crippen LogP contribution in [0.5, 0.6) is 0 Å². The van der Waals surface area contributed by atoms with Crippen molar-refractivity contribution in [2.75, 3.05) is 13.7 Å². The minimum absolute atomic E-state index is 0.343. The molecule has 2 aromatic rings. The van der Waals surface area contributed by atoms with E-state index < -0.39 is 54.7 Å². The van der Waals surface area contributed by atoms with Crippen molar-refractivity contribution < 1.29 is 33.0 Å². The smallest absolute Gasteiger partial charge is 0.407 e. The largest absolute Gasteiger partial charge is 0.480 e. The van der Waals surface area contributed by atoms with Crippen molar-refractivity contribution in [3.8, 4) is 0 Å². The molecular formula is C23H27F2N3O5. The van der Waals surface area contributed by atoms with Crippen LogP contribution in [0.15, 0.2) is 60.7 Å². The van der Waals surface area contributed by atoms with Crippen LogP contribution in [0.1, 0.15) is 29.9 Å². The standard InChI is InChI=1S/C23H27F2N3O5/c1-33-22(32)28-19(20(29)27-17(21(30)31)14-23(24,25)12-13-26)18(15-8-4-2-5-9-15)16-10-6-3-7-11-16/h2-11,17-19H,12-14,26H2,1H3,(H,27,29)(H,28,32)(H,30,31)/t17-,19-/m0/s1. The maximum atomic E-state index is 14.1. The van der Waals surface area contributed by atoms with Gasteiger partial charge in [0.05, 0.1) is 7.11 Å². The van der Waals surface area contributed by atoms with E-state index in [4.69, 9.17) is 5.73 Å². The van der Waals surface area contributed by atoms with Crippen molar-refractivity contribution in [3.63, 3.8) is 0 Å². The van der Waals surface area contributed by atoms with Crippen LogP contribution in [0.25, 0.3) is 0 Å². The number of amides is 2. The number of benzene rings is 2. The molecule has 10 heteroatoms. The number of carbonyl (C=O) groups is 3. The van der Waals surface area contributed by atoms with E-state index in [1.807, 2.05) is 0 Å². The third-order valence-corrected chi connectivity index (χ3v) is 5.02. The van der Waals surface area contributed by atoms with Gasteiger partial charge in [0.25, 0.3) is 5.92 Å². The summed E-state index contributed by atoms with van der Waals surface area (Å²) in [7, 11) is 1.11. The maximum absolute atomic E-state index is 14.1. The van der Waals surface area contributed by atoms with Gasteiger partial charge in [-0.05, 0) is 17.7 Å². The second kappa shape index (κ2) is 11.9. The molecule has 2 atom stereocenters. The van der Waals surface area contributed by atoms with Crippen LogP contribution in [-0.4, -0.2) is 54.7 Å². The highest BCUT2D eigenvalue weighted by molar-refractivity contribution is 5.90. The highest BCUT2D eigenvalue weighted by Crippen LogP contribution is 2.29. The minimum Gasteiger partial charge on any atom is -0.480 e. The number of ether oxygens (including phenoxy) is 1. The molecule has 0 aromatic heterocycles. The molecule has 0 aliphatic heterocycles. The summed E-state index contributed by atoms with van der Waals surface area (Å²) in [6.45, 7) is -0.343. The Bertz CT molecular complexity index is 889. The number of methoxy groups -OCH3 is 1. The molecular weight excluding hydrogens is 436 g/mol. The average molecular weight is 463 g/mol. The molecule has 8 nitrogen and oxygen atoms in total. The lowest BCUT2D eigenvalue weighted by atomic mass is 9.84. The summed E-state index contributed by atoms with van der Waals surface area (Å²) in [4.78, 5) is 36.9. The molecule has 0 radical (unpaired) electrons. The first kappa shape index (κ1) is 25.7. The van der Waals surface area contributed by atoms with Gasteiger partial charge in [0.15, 0.2) is 0 Å². The van der Waals surface area contributed by atoms with Crippen LogP contribution in [0, 0.1) is 0 Å². The number of rotatable bonds is 11. The molecule has 178 valence electrons. The van der Waals surface area contributed by atoms with Gasteiger partial charge in [-0.3, -0.25) is 4.79 Å². The molecule has 0 bridgehead atoms. The lowest BCUT2D eigenvalue weighted by Gasteiger charge is -2.29. The summed E-state index contributed by atoms with van der Waals surface area (Å²) in [5.74, 6) is -6.73. The Labute approximate surface area is 190 Å². The normalized spacial score (nSPS) is 13.1. The van der Waals surface area contributed by atoms with Gasteiger partial charge >= 0.3 is 12.1 Å². The van der Waals surface area contributed by atoms with Crippen LogP contribution in [0.3, 0.4) is 0 Å². The molecule has 2 amide bonds. The van der Waals surface area contributed by atoms with Crippen molar-refractivity contribution >= 4 is 18.0 Å². The Morgan fingerprint density at radius 3 is 1.94 bits per heavy atom. The number of nitrogens with one attached hydrogen (secondary N) is 2. The number of hydrogen-bond acceptors (Lipinski definition) is 5. The first-order valence-corrected chi connectivity index (χ1v) is 10.2. The van der Waals surface area contributed by atoms with Crippen LogP contribution >= 0.6 is 0 Å². The SMILES string of the molecule is COC(=O)N[C@H](C(=O)N[C@@H](CC(F)(F)CCN)C(=O)O)C(c1ccccc1)c1ccccc1. The molecule has 0 spiro atoms. The third-order valence-electron chi connectivity index (χ3n) is 5.02. The van der Waals surface area contributed by atoms with Gasteiger partial charge in [-0.2, -0.15) is 0 Å². The fraction of sp³-hybridized carbons (Fsp3) is 0.348. The molecule has 0 fully saturated rings. The number of nitrogens with two attached hydrogens (primary N) is 1. The zero-order valence-corrected chi connectivity index (χ0v) is 18.0. The Morgan fingerprint density at radius 1 is 1.00 bits per heavy atom. The predicted molar refractivity (Wildman–Crippen MR) is 117 cm³/mol. The van der Waals surface area contributed by atoms with E-state index in [9.17, 15) is 28.3 Å². The zero-order chi connectivity index (χ0) is 24.4. The van der Waals surface area contributed by atoms with Gasteiger partial charge < -0.3 is 26.2 Å². The Hall–Kier alpha value is -3.53. The number of hydrogen-bond donors (Lipinski definition) is 4. The summed E-state index contributed by atoms with van der Waals surface area (Å²) >= 11 is 0. The fourth-order valence-corrected chi connectivity index (χ4v) is 3.46. The second-order valence-corrected chi connectivity index (χ2v) is 7.41. The molecule has 5 N–H and O–H groups in total. The number of aliphatic carboxylic acids is 1. The van der Waals surface area contributed by atoms with Crippen LogP contribution in [0.2, 0.25) is 0 Å².